The monoisotopic (exact) mass is 422 g/mol. The van der Waals surface area contributed by atoms with Gasteiger partial charge in [-0.1, -0.05) is 19.4 Å². The molecule has 2 N–H and O–H groups in total. The summed E-state index contributed by atoms with van der Waals surface area (Å²) in [5, 5.41) is 22.6. The molecular weight excluding hydrogens is 391 g/mol. The number of ketones is 2. The van der Waals surface area contributed by atoms with Gasteiger partial charge in [0.2, 0.25) is 0 Å². The summed E-state index contributed by atoms with van der Waals surface area (Å²) in [5.41, 5.74) is -5.24. The molecule has 0 aromatic carbocycles. The molecule has 4 aliphatic carbocycles. The molecule has 7 heteroatoms. The molecule has 0 heterocycles. The van der Waals surface area contributed by atoms with Gasteiger partial charge in [0.25, 0.3) is 5.78 Å². The number of rotatable bonds is 3. The molecule has 0 amide bonds. The third-order valence-corrected chi connectivity index (χ3v) is 9.03. The Hall–Kier alpha value is -1.60. The third kappa shape index (κ3) is 2.45. The first kappa shape index (κ1) is 21.6. The summed E-state index contributed by atoms with van der Waals surface area (Å²) in [6.07, 6.45) is 2.05. The number of halogens is 1. The normalized spacial score (nSPS) is 47.6. The molecule has 4 rings (SSSR count). The van der Waals surface area contributed by atoms with Crippen molar-refractivity contribution in [1.29, 1.82) is 0 Å². The van der Waals surface area contributed by atoms with Crippen LogP contribution in [0.25, 0.3) is 0 Å². The second kappa shape index (κ2) is 6.70. The van der Waals surface area contributed by atoms with E-state index in [1.165, 1.54) is 0 Å². The van der Waals surface area contributed by atoms with Crippen LogP contribution in [-0.4, -0.2) is 51.7 Å². The van der Waals surface area contributed by atoms with Crippen molar-refractivity contribution in [2.45, 2.75) is 83.1 Å². The zero-order chi connectivity index (χ0) is 22.1. The maximum atomic E-state index is 16.9. The summed E-state index contributed by atoms with van der Waals surface area (Å²) in [7, 11) is 0. The standard InChI is InChI=1S/C23H31FO6/c1-4-30-19(28)18(27)22(29)10-8-15-16-6-5-13-11-14(25)7-9-20(13,2)23(16,24)17(26)12-21(15,22)3/h11,15-17,26,29H,4-10,12H2,1-3H3/t15-,16-,17-,20-,21-,22-,23-/m0/s1. The lowest BCUT2D eigenvalue weighted by Crippen LogP contribution is -2.69. The van der Waals surface area contributed by atoms with Gasteiger partial charge in [-0.3, -0.25) is 9.59 Å². The summed E-state index contributed by atoms with van der Waals surface area (Å²) in [6, 6.07) is 0. The second-order valence-electron chi connectivity index (χ2n) is 10.1. The minimum atomic E-state index is -1.98. The van der Waals surface area contributed by atoms with Gasteiger partial charge in [-0.15, -0.1) is 0 Å². The highest BCUT2D eigenvalue weighted by molar-refractivity contribution is 6.37. The molecule has 0 aromatic heterocycles. The second-order valence-corrected chi connectivity index (χ2v) is 10.1. The Morgan fingerprint density at radius 3 is 2.57 bits per heavy atom. The van der Waals surface area contributed by atoms with E-state index in [1.54, 1.807) is 26.8 Å². The lowest BCUT2D eigenvalue weighted by molar-refractivity contribution is -0.226. The number of carbonyl (C=O) groups excluding carboxylic acids is 3. The van der Waals surface area contributed by atoms with E-state index in [1.807, 2.05) is 0 Å². The number of esters is 1. The summed E-state index contributed by atoms with van der Waals surface area (Å²) in [4.78, 5) is 36.9. The largest absolute Gasteiger partial charge is 0.460 e. The van der Waals surface area contributed by atoms with Crippen LogP contribution in [0.15, 0.2) is 11.6 Å². The number of hydrogen-bond acceptors (Lipinski definition) is 6. The predicted octanol–water partition coefficient (Wildman–Crippen LogP) is 2.44. The van der Waals surface area contributed by atoms with E-state index < -0.39 is 45.9 Å². The number of fused-ring (bicyclic) bond motifs is 5. The van der Waals surface area contributed by atoms with Gasteiger partial charge in [0.05, 0.1) is 12.7 Å². The Kier molecular flexibility index (Phi) is 4.83. The molecule has 166 valence electrons. The maximum Gasteiger partial charge on any atom is 0.377 e. The van der Waals surface area contributed by atoms with E-state index in [4.69, 9.17) is 4.74 Å². The molecule has 6 nitrogen and oxygen atoms in total. The van der Waals surface area contributed by atoms with Crippen LogP contribution in [0, 0.1) is 22.7 Å². The minimum Gasteiger partial charge on any atom is -0.460 e. The average molecular weight is 422 g/mol. The lowest BCUT2D eigenvalue weighted by Gasteiger charge is -2.63. The number of ether oxygens (including phenoxy) is 1. The number of hydrogen-bond donors (Lipinski definition) is 2. The maximum absolute atomic E-state index is 16.9. The Balaban J connectivity index is 1.75. The summed E-state index contributed by atoms with van der Waals surface area (Å²) in [6.45, 7) is 5.10. The van der Waals surface area contributed by atoms with E-state index in [0.29, 0.717) is 25.7 Å². The smallest absolute Gasteiger partial charge is 0.377 e. The number of Topliss-reactive ketones (excluding diaryl/α,β-unsaturated/α-hetero) is 1. The molecule has 0 aliphatic heterocycles. The molecule has 0 aromatic rings. The van der Waals surface area contributed by atoms with Crippen molar-refractivity contribution in [3.05, 3.63) is 11.6 Å². The highest BCUT2D eigenvalue weighted by Gasteiger charge is 2.74. The molecule has 0 spiro atoms. The fraction of sp³-hybridized carbons (Fsp3) is 0.783. The van der Waals surface area contributed by atoms with Crippen LogP contribution in [0.4, 0.5) is 4.39 Å². The van der Waals surface area contributed by atoms with Crippen LogP contribution in [0.3, 0.4) is 0 Å². The van der Waals surface area contributed by atoms with E-state index in [-0.39, 0.29) is 37.6 Å². The summed E-state index contributed by atoms with van der Waals surface area (Å²) in [5.74, 6) is -3.01. The van der Waals surface area contributed by atoms with Gasteiger partial charge in [0.1, 0.15) is 11.3 Å². The molecule has 0 unspecified atom stereocenters. The van der Waals surface area contributed by atoms with Crippen molar-refractivity contribution in [2.75, 3.05) is 6.61 Å². The Morgan fingerprint density at radius 2 is 1.90 bits per heavy atom. The molecule has 0 saturated heterocycles. The Bertz CT molecular complexity index is 838. The van der Waals surface area contributed by atoms with Gasteiger partial charge in [0, 0.05) is 23.2 Å². The van der Waals surface area contributed by atoms with Crippen LogP contribution in [0.2, 0.25) is 0 Å². The Labute approximate surface area is 175 Å². The molecule has 3 fully saturated rings. The molecule has 0 radical (unpaired) electrons. The summed E-state index contributed by atoms with van der Waals surface area (Å²) < 4.78 is 21.8. The van der Waals surface area contributed by atoms with Crippen LogP contribution < -0.4 is 0 Å². The van der Waals surface area contributed by atoms with Crippen LogP contribution in [0.5, 0.6) is 0 Å². The number of allylic oxidation sites excluding steroid dienone is 1. The van der Waals surface area contributed by atoms with E-state index >= 15 is 4.39 Å². The molecule has 3 saturated carbocycles. The first-order valence-corrected chi connectivity index (χ1v) is 11.0. The van der Waals surface area contributed by atoms with Crippen LogP contribution in [0.1, 0.15) is 65.7 Å². The zero-order valence-corrected chi connectivity index (χ0v) is 17.9. The van der Waals surface area contributed by atoms with E-state index in [0.717, 1.165) is 5.57 Å². The van der Waals surface area contributed by atoms with Crippen LogP contribution in [-0.2, 0) is 19.1 Å². The molecule has 4 aliphatic rings. The highest BCUT2D eigenvalue weighted by atomic mass is 19.1. The first-order chi connectivity index (χ1) is 14.0. The fourth-order valence-electron chi connectivity index (χ4n) is 7.31. The van der Waals surface area contributed by atoms with Crippen molar-refractivity contribution in [1.82, 2.24) is 0 Å². The number of aliphatic hydroxyl groups is 2. The fourth-order valence-corrected chi connectivity index (χ4v) is 7.31. The van der Waals surface area contributed by atoms with Crippen LogP contribution >= 0.6 is 0 Å². The lowest BCUT2D eigenvalue weighted by atomic mass is 9.44. The van der Waals surface area contributed by atoms with Gasteiger partial charge in [-0.2, -0.15) is 0 Å². The van der Waals surface area contributed by atoms with Crippen molar-refractivity contribution in [3.63, 3.8) is 0 Å². The van der Waals surface area contributed by atoms with E-state index in [9.17, 15) is 24.6 Å². The van der Waals surface area contributed by atoms with Crippen molar-refractivity contribution >= 4 is 17.5 Å². The van der Waals surface area contributed by atoms with Crippen molar-refractivity contribution < 1.29 is 33.7 Å². The molecule has 0 bridgehead atoms. The third-order valence-electron chi connectivity index (χ3n) is 9.03. The topological polar surface area (TPSA) is 101 Å². The average Bonchev–Trinajstić information content (AvgIpc) is 2.95. The molecule has 7 atom stereocenters. The van der Waals surface area contributed by atoms with Crippen molar-refractivity contribution in [3.8, 4) is 0 Å². The van der Waals surface area contributed by atoms with Gasteiger partial charge < -0.3 is 14.9 Å². The highest BCUT2D eigenvalue weighted by Crippen LogP contribution is 2.70. The van der Waals surface area contributed by atoms with Crippen molar-refractivity contribution in [2.24, 2.45) is 22.7 Å². The zero-order valence-electron chi connectivity index (χ0n) is 17.9. The van der Waals surface area contributed by atoms with Gasteiger partial charge in [0.15, 0.2) is 5.78 Å². The number of alkyl halides is 1. The van der Waals surface area contributed by atoms with Gasteiger partial charge in [-0.25, -0.2) is 9.18 Å². The van der Waals surface area contributed by atoms with Gasteiger partial charge in [-0.05, 0) is 57.4 Å². The number of aliphatic hydroxyl groups excluding tert-OH is 1. The van der Waals surface area contributed by atoms with Gasteiger partial charge >= 0.3 is 5.97 Å². The minimum absolute atomic E-state index is 0.00469. The first-order valence-electron chi connectivity index (χ1n) is 11.0. The quantitative estimate of drug-likeness (QED) is 0.535. The summed E-state index contributed by atoms with van der Waals surface area (Å²) >= 11 is 0. The van der Waals surface area contributed by atoms with E-state index in [2.05, 4.69) is 0 Å². The Morgan fingerprint density at radius 1 is 1.20 bits per heavy atom. The SMILES string of the molecule is CCOC(=O)C(=O)[C@@]1(O)CC[C@H]2[C@@H]3CCC4=CC(=O)CC[C@]4(C)[C@@]3(F)[C@@H](O)C[C@@]21C. The molecule has 30 heavy (non-hydrogen) atoms. The predicted molar refractivity (Wildman–Crippen MR) is 105 cm³/mol. The molecular formula is C23H31FO6. The number of carbonyl (C=O) groups is 3.